The van der Waals surface area contributed by atoms with E-state index < -0.39 is 29.5 Å². The highest BCUT2D eigenvalue weighted by Crippen LogP contribution is 2.46. The van der Waals surface area contributed by atoms with E-state index in [0.29, 0.717) is 36.2 Å². The summed E-state index contributed by atoms with van der Waals surface area (Å²) >= 11 is 7.05. The SMILES string of the molecule is CC(C)(C)C(c1nc(-c2ccccc2)c(Cl)n1Cc1ccccc1)[C@@H](C[C@H](F)CN)C(=O)[C@@H]1CCCO1. The number of benzene rings is 2. The lowest BCUT2D eigenvalue weighted by molar-refractivity contribution is -0.134. The highest BCUT2D eigenvalue weighted by Gasteiger charge is 2.45. The Bertz CT molecular complexity index is 1170. The number of carbonyl (C=O) groups excluding carboxylic acids is 1. The van der Waals surface area contributed by atoms with Gasteiger partial charge in [-0.05, 0) is 30.2 Å². The minimum atomic E-state index is -1.30. The summed E-state index contributed by atoms with van der Waals surface area (Å²) in [4.78, 5) is 19.0. The quantitative estimate of drug-likeness (QED) is 0.331. The lowest BCUT2D eigenvalue weighted by Gasteiger charge is -2.37. The standard InChI is InChI=1S/C30H37ClFN3O2/c1-30(2,3)25(23(17-22(32)18-33)27(36)24-15-10-16-37-24)29-34-26(21-13-8-5-9-14-21)28(31)35(29)19-20-11-6-4-7-12-20/h4-9,11-14,22-25H,10,15-19,33H2,1-3H3/t22-,23+,24-,25?/m0/s1. The number of carbonyl (C=O) groups is 1. The van der Waals surface area contributed by atoms with E-state index in [1.165, 1.54) is 0 Å². The van der Waals surface area contributed by atoms with Gasteiger partial charge in [0.1, 0.15) is 28.9 Å². The van der Waals surface area contributed by atoms with Gasteiger partial charge in [0.2, 0.25) is 0 Å². The molecule has 5 nitrogen and oxygen atoms in total. The number of ketones is 1. The minimum absolute atomic E-state index is 0.0214. The third-order valence-corrected chi connectivity index (χ3v) is 7.54. The van der Waals surface area contributed by atoms with Crippen LogP contribution in [0.1, 0.15) is 57.3 Å². The number of hydrogen-bond acceptors (Lipinski definition) is 4. The van der Waals surface area contributed by atoms with Gasteiger partial charge in [-0.3, -0.25) is 4.79 Å². The van der Waals surface area contributed by atoms with Crippen molar-refractivity contribution in [2.75, 3.05) is 13.2 Å². The Hall–Kier alpha value is -2.54. The number of Topliss-reactive ketones (excluding diaryl/α,β-unsaturated/α-hetero) is 1. The first-order valence-electron chi connectivity index (χ1n) is 13.1. The molecular formula is C30H37ClFN3O2. The first-order chi connectivity index (χ1) is 17.7. The summed E-state index contributed by atoms with van der Waals surface area (Å²) in [5, 5.41) is 0.498. The first-order valence-corrected chi connectivity index (χ1v) is 13.4. The van der Waals surface area contributed by atoms with E-state index in [1.54, 1.807) is 0 Å². The fraction of sp³-hybridized carbons (Fsp3) is 0.467. The Balaban J connectivity index is 1.89. The fourth-order valence-corrected chi connectivity index (χ4v) is 5.68. The van der Waals surface area contributed by atoms with Gasteiger partial charge in [0, 0.05) is 30.6 Å². The molecule has 1 fully saturated rings. The topological polar surface area (TPSA) is 70.1 Å². The van der Waals surface area contributed by atoms with Crippen LogP contribution >= 0.6 is 11.6 Å². The predicted octanol–water partition coefficient (Wildman–Crippen LogP) is 6.43. The lowest BCUT2D eigenvalue weighted by atomic mass is 9.68. The summed E-state index contributed by atoms with van der Waals surface area (Å²) in [5.74, 6) is -0.452. The van der Waals surface area contributed by atoms with Gasteiger partial charge in [-0.2, -0.15) is 0 Å². The smallest absolute Gasteiger partial charge is 0.165 e. The zero-order chi connectivity index (χ0) is 26.6. The Kier molecular flexibility index (Phi) is 8.83. The highest BCUT2D eigenvalue weighted by atomic mass is 35.5. The molecule has 0 bridgehead atoms. The van der Waals surface area contributed by atoms with Gasteiger partial charge in [0.25, 0.3) is 0 Å². The van der Waals surface area contributed by atoms with Crippen LogP contribution in [0.3, 0.4) is 0 Å². The van der Waals surface area contributed by atoms with Crippen LogP contribution in [-0.2, 0) is 16.1 Å². The highest BCUT2D eigenvalue weighted by molar-refractivity contribution is 6.32. The van der Waals surface area contributed by atoms with Crippen molar-refractivity contribution in [2.45, 2.75) is 64.8 Å². The molecule has 0 spiro atoms. The van der Waals surface area contributed by atoms with Crippen molar-refractivity contribution in [2.24, 2.45) is 17.1 Å². The van der Waals surface area contributed by atoms with E-state index in [4.69, 9.17) is 27.1 Å². The summed E-state index contributed by atoms with van der Waals surface area (Å²) in [6.45, 7) is 7.10. The Labute approximate surface area is 224 Å². The molecule has 1 aliphatic rings. The van der Waals surface area contributed by atoms with Gasteiger partial charge in [-0.25, -0.2) is 9.37 Å². The molecule has 1 saturated heterocycles. The van der Waals surface area contributed by atoms with E-state index >= 15 is 0 Å². The van der Waals surface area contributed by atoms with E-state index in [9.17, 15) is 9.18 Å². The summed E-state index contributed by atoms with van der Waals surface area (Å²) in [5.41, 5.74) is 7.87. The second-order valence-corrected chi connectivity index (χ2v) is 11.3. The number of ether oxygens (including phenoxy) is 1. The average Bonchev–Trinajstić information content (AvgIpc) is 3.53. The van der Waals surface area contributed by atoms with Crippen molar-refractivity contribution in [1.82, 2.24) is 9.55 Å². The van der Waals surface area contributed by atoms with Crippen LogP contribution in [0.5, 0.6) is 0 Å². The number of nitrogens with zero attached hydrogens (tertiary/aromatic N) is 2. The van der Waals surface area contributed by atoms with Crippen LogP contribution in [0, 0.1) is 11.3 Å². The van der Waals surface area contributed by atoms with Gasteiger partial charge in [-0.1, -0.05) is 93.0 Å². The van der Waals surface area contributed by atoms with E-state index in [1.807, 2.05) is 65.2 Å². The molecule has 4 atom stereocenters. The van der Waals surface area contributed by atoms with Crippen molar-refractivity contribution in [1.29, 1.82) is 0 Å². The van der Waals surface area contributed by atoms with Crippen LogP contribution < -0.4 is 5.73 Å². The second kappa shape index (κ2) is 11.9. The molecule has 1 aromatic heterocycles. The molecule has 2 aromatic carbocycles. The van der Waals surface area contributed by atoms with Gasteiger partial charge >= 0.3 is 0 Å². The molecule has 37 heavy (non-hydrogen) atoms. The fourth-order valence-electron chi connectivity index (χ4n) is 5.38. The molecule has 0 amide bonds. The maximum atomic E-state index is 14.9. The molecule has 198 valence electrons. The second-order valence-electron chi connectivity index (χ2n) is 11.0. The van der Waals surface area contributed by atoms with Gasteiger partial charge in [-0.15, -0.1) is 0 Å². The number of alkyl halides is 1. The van der Waals surface area contributed by atoms with Crippen LogP contribution in [0.2, 0.25) is 5.15 Å². The van der Waals surface area contributed by atoms with Crippen LogP contribution in [0.4, 0.5) is 4.39 Å². The van der Waals surface area contributed by atoms with Crippen LogP contribution in [0.25, 0.3) is 11.3 Å². The van der Waals surface area contributed by atoms with Gasteiger partial charge in [0.05, 0.1) is 6.54 Å². The maximum absolute atomic E-state index is 14.9. The molecule has 0 radical (unpaired) electrons. The lowest BCUT2D eigenvalue weighted by Crippen LogP contribution is -2.40. The molecule has 1 unspecified atom stereocenters. The van der Waals surface area contributed by atoms with Gasteiger partial charge < -0.3 is 15.0 Å². The summed E-state index contributed by atoms with van der Waals surface area (Å²) in [7, 11) is 0. The molecule has 7 heteroatoms. The molecule has 1 aliphatic heterocycles. The normalized spacial score (nSPS) is 18.5. The number of halogens is 2. The predicted molar refractivity (Wildman–Crippen MR) is 146 cm³/mol. The average molecular weight is 526 g/mol. The number of rotatable bonds is 10. The summed E-state index contributed by atoms with van der Waals surface area (Å²) < 4.78 is 22.7. The molecule has 0 saturated carbocycles. The molecule has 3 aromatic rings. The number of aromatic nitrogens is 2. The Morgan fingerprint density at radius 2 is 1.81 bits per heavy atom. The van der Waals surface area contributed by atoms with Gasteiger partial charge in [0.15, 0.2) is 5.78 Å². The van der Waals surface area contributed by atoms with Crippen molar-refractivity contribution in [3.63, 3.8) is 0 Å². The Morgan fingerprint density at radius 3 is 2.38 bits per heavy atom. The van der Waals surface area contributed by atoms with E-state index in [-0.39, 0.29) is 18.7 Å². The minimum Gasteiger partial charge on any atom is -0.370 e. The van der Waals surface area contributed by atoms with E-state index in [2.05, 4.69) is 20.8 Å². The zero-order valence-corrected chi connectivity index (χ0v) is 22.6. The summed E-state index contributed by atoms with van der Waals surface area (Å²) in [6, 6.07) is 19.8. The monoisotopic (exact) mass is 525 g/mol. The van der Waals surface area contributed by atoms with Crippen molar-refractivity contribution in [3.05, 3.63) is 77.2 Å². The van der Waals surface area contributed by atoms with Crippen LogP contribution in [0.15, 0.2) is 60.7 Å². The van der Waals surface area contributed by atoms with Crippen molar-refractivity contribution in [3.8, 4) is 11.3 Å². The maximum Gasteiger partial charge on any atom is 0.165 e. The van der Waals surface area contributed by atoms with Crippen molar-refractivity contribution >= 4 is 17.4 Å². The molecule has 2 N–H and O–H groups in total. The molecular weight excluding hydrogens is 489 g/mol. The first kappa shape index (κ1) is 27.5. The molecule has 0 aliphatic carbocycles. The summed E-state index contributed by atoms with van der Waals surface area (Å²) in [6.07, 6.45) is -0.331. The number of imidazole rings is 1. The molecule has 2 heterocycles. The van der Waals surface area contributed by atoms with E-state index in [0.717, 1.165) is 17.5 Å². The van der Waals surface area contributed by atoms with Crippen LogP contribution in [-0.4, -0.2) is 40.8 Å². The van der Waals surface area contributed by atoms with Crippen molar-refractivity contribution < 1.29 is 13.9 Å². The number of hydrogen-bond donors (Lipinski definition) is 1. The third-order valence-electron chi connectivity index (χ3n) is 7.16. The zero-order valence-electron chi connectivity index (χ0n) is 21.9. The molecule has 4 rings (SSSR count). The largest absolute Gasteiger partial charge is 0.370 e. The third kappa shape index (κ3) is 6.31. The number of nitrogens with two attached hydrogens (primary N) is 1. The Morgan fingerprint density at radius 1 is 1.16 bits per heavy atom.